The Labute approximate surface area is 144 Å². The number of carbonyl (C=O) groups excluding carboxylic acids is 1. The second kappa shape index (κ2) is 11.4. The third-order valence-electron chi connectivity index (χ3n) is 3.73. The molecule has 3 N–H and O–H groups in total. The highest BCUT2D eigenvalue weighted by atomic mass is 35.5. The number of rotatable bonds is 9. The first kappa shape index (κ1) is 19.9. The normalized spacial score (nSPS) is 18.2. The topological polar surface area (TPSA) is 73.6 Å². The number of nitrogens with two attached hydrogens (primary N) is 1. The Kier molecular flexibility index (Phi) is 9.87. The van der Waals surface area contributed by atoms with Gasteiger partial charge in [-0.15, -0.1) is 12.4 Å². The van der Waals surface area contributed by atoms with Crippen molar-refractivity contribution < 1.29 is 14.3 Å². The van der Waals surface area contributed by atoms with Gasteiger partial charge < -0.3 is 20.5 Å². The molecule has 0 bridgehead atoms. The first-order valence-electron chi connectivity index (χ1n) is 8.02. The van der Waals surface area contributed by atoms with Gasteiger partial charge in [0.25, 0.3) is 0 Å². The van der Waals surface area contributed by atoms with Crippen LogP contribution in [0.25, 0.3) is 0 Å². The maximum absolute atomic E-state index is 11.9. The van der Waals surface area contributed by atoms with Crippen LogP contribution in [0.5, 0.6) is 0 Å². The van der Waals surface area contributed by atoms with Crippen LogP contribution in [0.2, 0.25) is 0 Å². The zero-order valence-corrected chi connectivity index (χ0v) is 14.2. The van der Waals surface area contributed by atoms with E-state index in [1.54, 1.807) is 0 Å². The lowest BCUT2D eigenvalue weighted by molar-refractivity contribution is -0.122. The summed E-state index contributed by atoms with van der Waals surface area (Å²) in [6, 6.07) is 9.30. The third-order valence-corrected chi connectivity index (χ3v) is 3.73. The molecular weight excluding hydrogens is 316 g/mol. The molecule has 2 rings (SSSR count). The van der Waals surface area contributed by atoms with Gasteiger partial charge in [0.15, 0.2) is 0 Å². The fraction of sp³-hybridized carbons (Fsp3) is 0.588. The number of carbonyl (C=O) groups is 1. The Hall–Kier alpha value is -1.14. The number of benzene rings is 1. The molecule has 0 spiro atoms. The summed E-state index contributed by atoms with van der Waals surface area (Å²) < 4.78 is 11.0. The van der Waals surface area contributed by atoms with Crippen molar-refractivity contribution >= 4 is 18.3 Å². The van der Waals surface area contributed by atoms with E-state index in [9.17, 15) is 4.79 Å². The molecular formula is C17H27ClN2O3. The number of halogens is 1. The van der Waals surface area contributed by atoms with Crippen molar-refractivity contribution in [2.75, 3.05) is 26.4 Å². The zero-order chi connectivity index (χ0) is 15.6. The lowest BCUT2D eigenvalue weighted by atomic mass is 10.1. The molecule has 1 aromatic rings. The molecule has 2 atom stereocenters. The average molecular weight is 343 g/mol. The Bertz CT molecular complexity index is 439. The number of amides is 1. The van der Waals surface area contributed by atoms with E-state index in [0.29, 0.717) is 26.2 Å². The Morgan fingerprint density at radius 2 is 2.17 bits per heavy atom. The van der Waals surface area contributed by atoms with Crippen molar-refractivity contribution in [3.8, 4) is 0 Å². The molecule has 1 amide bonds. The molecule has 1 aliphatic heterocycles. The van der Waals surface area contributed by atoms with Crippen molar-refractivity contribution in [1.82, 2.24) is 5.32 Å². The fourth-order valence-electron chi connectivity index (χ4n) is 2.47. The monoisotopic (exact) mass is 342 g/mol. The van der Waals surface area contributed by atoms with Crippen LogP contribution in [-0.2, 0) is 20.7 Å². The number of hydrogen-bond donors (Lipinski definition) is 2. The molecule has 6 heteroatoms. The van der Waals surface area contributed by atoms with E-state index in [1.165, 1.54) is 0 Å². The summed E-state index contributed by atoms with van der Waals surface area (Å²) >= 11 is 0. The molecule has 2 unspecified atom stereocenters. The number of hydrogen-bond acceptors (Lipinski definition) is 4. The molecule has 1 saturated heterocycles. The molecule has 0 saturated carbocycles. The van der Waals surface area contributed by atoms with Gasteiger partial charge in [0.1, 0.15) is 0 Å². The van der Waals surface area contributed by atoms with E-state index in [-0.39, 0.29) is 24.4 Å². The summed E-state index contributed by atoms with van der Waals surface area (Å²) in [5.74, 6) is -0.108. The Balaban J connectivity index is 0.00000264. The van der Waals surface area contributed by atoms with E-state index in [4.69, 9.17) is 15.2 Å². The van der Waals surface area contributed by atoms with Gasteiger partial charge in [-0.05, 0) is 31.2 Å². The summed E-state index contributed by atoms with van der Waals surface area (Å²) in [6.07, 6.45) is 3.82. The van der Waals surface area contributed by atoms with Crippen LogP contribution < -0.4 is 11.1 Å². The van der Waals surface area contributed by atoms with Gasteiger partial charge in [-0.25, -0.2) is 0 Å². The van der Waals surface area contributed by atoms with Crippen molar-refractivity contribution in [2.45, 2.75) is 37.8 Å². The maximum atomic E-state index is 11.9. The van der Waals surface area contributed by atoms with Gasteiger partial charge in [-0.1, -0.05) is 30.3 Å². The van der Waals surface area contributed by atoms with Crippen molar-refractivity contribution in [3.63, 3.8) is 0 Å². The minimum Gasteiger partial charge on any atom is -0.379 e. The molecule has 0 aromatic heterocycles. The molecule has 23 heavy (non-hydrogen) atoms. The van der Waals surface area contributed by atoms with E-state index in [1.807, 2.05) is 30.3 Å². The smallest absolute Gasteiger partial charge is 0.237 e. The van der Waals surface area contributed by atoms with Crippen molar-refractivity contribution in [1.29, 1.82) is 0 Å². The second-order valence-electron chi connectivity index (χ2n) is 5.65. The van der Waals surface area contributed by atoms with Crippen molar-refractivity contribution in [2.24, 2.45) is 5.73 Å². The summed E-state index contributed by atoms with van der Waals surface area (Å²) in [5.41, 5.74) is 6.99. The lowest BCUT2D eigenvalue weighted by Gasteiger charge is -2.13. The molecule has 130 valence electrons. The van der Waals surface area contributed by atoms with E-state index in [0.717, 1.165) is 31.4 Å². The van der Waals surface area contributed by atoms with E-state index in [2.05, 4.69) is 5.32 Å². The SMILES string of the molecule is Cl.NC(Cc1ccccc1)C(=O)NCCCOCC1CCCO1. The number of ether oxygens (including phenoxy) is 2. The average Bonchev–Trinajstić information content (AvgIpc) is 3.04. The van der Waals surface area contributed by atoms with E-state index < -0.39 is 6.04 Å². The standard InChI is InChI=1S/C17H26N2O3.ClH/c18-16(12-14-6-2-1-3-7-14)17(20)19-9-5-10-21-13-15-8-4-11-22-15;/h1-3,6-7,15-16H,4-5,8-13,18H2,(H,19,20);1H. The van der Waals surface area contributed by atoms with Crippen LogP contribution in [0.3, 0.4) is 0 Å². The fourth-order valence-corrected chi connectivity index (χ4v) is 2.47. The van der Waals surface area contributed by atoms with Gasteiger partial charge in [-0.2, -0.15) is 0 Å². The predicted molar refractivity (Wildman–Crippen MR) is 92.8 cm³/mol. The molecule has 0 aliphatic carbocycles. The summed E-state index contributed by atoms with van der Waals surface area (Å²) in [6.45, 7) is 2.73. The van der Waals surface area contributed by atoms with Crippen molar-refractivity contribution in [3.05, 3.63) is 35.9 Å². The summed E-state index contributed by atoms with van der Waals surface area (Å²) in [4.78, 5) is 11.9. The molecule has 1 aromatic carbocycles. The second-order valence-corrected chi connectivity index (χ2v) is 5.65. The molecule has 1 aliphatic rings. The first-order valence-corrected chi connectivity index (χ1v) is 8.02. The molecule has 1 fully saturated rings. The van der Waals surface area contributed by atoms with Gasteiger partial charge in [0.2, 0.25) is 5.91 Å². The van der Waals surface area contributed by atoms with Gasteiger partial charge in [0.05, 0.1) is 18.8 Å². The van der Waals surface area contributed by atoms with Gasteiger partial charge in [-0.3, -0.25) is 4.79 Å². The largest absolute Gasteiger partial charge is 0.379 e. The highest BCUT2D eigenvalue weighted by molar-refractivity contribution is 5.85. The minimum absolute atomic E-state index is 0. The Morgan fingerprint density at radius 1 is 1.39 bits per heavy atom. The minimum atomic E-state index is -0.504. The third kappa shape index (κ3) is 7.79. The summed E-state index contributed by atoms with van der Waals surface area (Å²) in [5, 5.41) is 2.86. The van der Waals surface area contributed by atoms with Crippen LogP contribution in [-0.4, -0.2) is 44.4 Å². The first-order chi connectivity index (χ1) is 10.8. The zero-order valence-electron chi connectivity index (χ0n) is 13.4. The predicted octanol–water partition coefficient (Wildman–Crippen LogP) is 1.68. The molecule has 5 nitrogen and oxygen atoms in total. The van der Waals surface area contributed by atoms with Crippen LogP contribution in [0.15, 0.2) is 30.3 Å². The highest BCUT2D eigenvalue weighted by Crippen LogP contribution is 2.11. The quantitative estimate of drug-likeness (QED) is 0.670. The number of nitrogens with one attached hydrogen (secondary N) is 1. The van der Waals surface area contributed by atoms with Crippen LogP contribution >= 0.6 is 12.4 Å². The van der Waals surface area contributed by atoms with Crippen LogP contribution in [0.1, 0.15) is 24.8 Å². The van der Waals surface area contributed by atoms with Gasteiger partial charge >= 0.3 is 0 Å². The molecule has 0 radical (unpaired) electrons. The lowest BCUT2D eigenvalue weighted by Crippen LogP contribution is -2.42. The van der Waals surface area contributed by atoms with Crippen LogP contribution in [0, 0.1) is 0 Å². The molecule has 1 heterocycles. The van der Waals surface area contributed by atoms with Crippen LogP contribution in [0.4, 0.5) is 0 Å². The highest BCUT2D eigenvalue weighted by Gasteiger charge is 2.15. The maximum Gasteiger partial charge on any atom is 0.237 e. The summed E-state index contributed by atoms with van der Waals surface area (Å²) in [7, 11) is 0. The van der Waals surface area contributed by atoms with E-state index >= 15 is 0 Å². The Morgan fingerprint density at radius 3 is 2.87 bits per heavy atom. The van der Waals surface area contributed by atoms with Gasteiger partial charge in [0, 0.05) is 19.8 Å².